The number of dihydropyridines is 1. The third-order valence-corrected chi connectivity index (χ3v) is 6.89. The van der Waals surface area contributed by atoms with Gasteiger partial charge in [-0.1, -0.05) is 30.3 Å². The molecule has 1 aromatic carbocycles. The van der Waals surface area contributed by atoms with Gasteiger partial charge < -0.3 is 5.32 Å². The zero-order valence-corrected chi connectivity index (χ0v) is 13.7. The molecular formula is C18H19NO3S. The summed E-state index contributed by atoms with van der Waals surface area (Å²) in [6, 6.07) is 9.57. The molecule has 4 nitrogen and oxygen atoms in total. The second-order valence-electron chi connectivity index (χ2n) is 6.40. The van der Waals surface area contributed by atoms with Gasteiger partial charge in [0.2, 0.25) is 0 Å². The first-order chi connectivity index (χ1) is 11.1. The number of nitrogens with one attached hydrogen (secondary N) is 1. The van der Waals surface area contributed by atoms with E-state index >= 15 is 0 Å². The van der Waals surface area contributed by atoms with Crippen LogP contribution in [0.15, 0.2) is 52.2 Å². The second-order valence-corrected chi connectivity index (χ2v) is 8.48. The highest BCUT2D eigenvalue weighted by atomic mass is 32.2. The molecule has 4 rings (SSSR count). The van der Waals surface area contributed by atoms with Gasteiger partial charge in [0, 0.05) is 23.4 Å². The maximum atomic E-state index is 12.7. The Hall–Kier alpha value is -1.88. The Morgan fingerprint density at radius 2 is 1.70 bits per heavy atom. The molecule has 0 spiro atoms. The molecule has 2 heterocycles. The zero-order chi connectivity index (χ0) is 16.0. The van der Waals surface area contributed by atoms with Crippen molar-refractivity contribution in [2.45, 2.75) is 38.0 Å². The average Bonchev–Trinajstić information content (AvgIpc) is 2.54. The summed E-state index contributed by atoms with van der Waals surface area (Å²) in [7, 11) is -3.32. The fourth-order valence-corrected chi connectivity index (χ4v) is 5.83. The van der Waals surface area contributed by atoms with Gasteiger partial charge in [-0.2, -0.15) is 0 Å². The largest absolute Gasteiger partial charge is 0.361 e. The Morgan fingerprint density at radius 1 is 0.957 bits per heavy atom. The van der Waals surface area contributed by atoms with Crippen LogP contribution in [0, 0.1) is 0 Å². The van der Waals surface area contributed by atoms with E-state index in [1.165, 1.54) is 0 Å². The van der Waals surface area contributed by atoms with Crippen LogP contribution < -0.4 is 5.32 Å². The molecule has 0 bridgehead atoms. The number of sulfone groups is 1. The maximum absolute atomic E-state index is 12.7. The van der Waals surface area contributed by atoms with E-state index in [1.807, 2.05) is 30.3 Å². The van der Waals surface area contributed by atoms with Crippen LogP contribution in [0.4, 0.5) is 0 Å². The minimum Gasteiger partial charge on any atom is -0.361 e. The molecule has 0 amide bonds. The minimum atomic E-state index is -3.32. The van der Waals surface area contributed by atoms with Gasteiger partial charge in [0.05, 0.1) is 16.6 Å². The molecule has 0 fully saturated rings. The fourth-order valence-electron chi connectivity index (χ4n) is 3.94. The van der Waals surface area contributed by atoms with E-state index in [0.717, 1.165) is 36.2 Å². The monoisotopic (exact) mass is 329 g/mol. The van der Waals surface area contributed by atoms with Crippen molar-refractivity contribution in [3.8, 4) is 0 Å². The smallest absolute Gasteiger partial charge is 0.177 e. The maximum Gasteiger partial charge on any atom is 0.177 e. The molecule has 0 aromatic heterocycles. The number of benzene rings is 1. The van der Waals surface area contributed by atoms with Crippen LogP contribution in [0.25, 0.3) is 0 Å². The van der Waals surface area contributed by atoms with Gasteiger partial charge in [-0.05, 0) is 31.2 Å². The van der Waals surface area contributed by atoms with Crippen LogP contribution in [0.3, 0.4) is 0 Å². The van der Waals surface area contributed by atoms with Gasteiger partial charge in [0.1, 0.15) is 0 Å². The molecule has 0 saturated heterocycles. The predicted octanol–water partition coefficient (Wildman–Crippen LogP) is 2.80. The van der Waals surface area contributed by atoms with Crippen molar-refractivity contribution < 1.29 is 13.2 Å². The molecular weight excluding hydrogens is 310 g/mol. The Bertz CT molecular complexity index is 834. The van der Waals surface area contributed by atoms with Crippen molar-refractivity contribution in [1.29, 1.82) is 0 Å². The lowest BCUT2D eigenvalue weighted by Gasteiger charge is -2.37. The molecule has 0 radical (unpaired) electrons. The molecule has 2 aliphatic heterocycles. The van der Waals surface area contributed by atoms with Crippen molar-refractivity contribution >= 4 is 15.6 Å². The van der Waals surface area contributed by atoms with Crippen molar-refractivity contribution in [1.82, 2.24) is 5.32 Å². The zero-order valence-electron chi connectivity index (χ0n) is 12.8. The summed E-state index contributed by atoms with van der Waals surface area (Å²) in [4.78, 5) is 13.0. The number of hydrogen-bond donors (Lipinski definition) is 1. The summed E-state index contributed by atoms with van der Waals surface area (Å²) in [5.41, 5.74) is 3.31. The summed E-state index contributed by atoms with van der Waals surface area (Å²) in [6.45, 7) is 0. The number of Topliss-reactive ketones (excluding diaryl/α,β-unsaturated/α-hetero) is 1. The van der Waals surface area contributed by atoms with Crippen molar-refractivity contribution in [3.63, 3.8) is 0 Å². The Morgan fingerprint density at radius 3 is 2.48 bits per heavy atom. The van der Waals surface area contributed by atoms with E-state index in [0.29, 0.717) is 23.3 Å². The minimum absolute atomic E-state index is 0.0833. The Labute approximate surface area is 136 Å². The van der Waals surface area contributed by atoms with E-state index in [-0.39, 0.29) is 11.5 Å². The van der Waals surface area contributed by atoms with Crippen molar-refractivity contribution in [2.24, 2.45) is 0 Å². The third kappa shape index (κ3) is 2.34. The molecule has 1 atom stereocenters. The number of ketones is 1. The summed E-state index contributed by atoms with van der Waals surface area (Å²) in [5, 5.41) is 3.30. The van der Waals surface area contributed by atoms with Gasteiger partial charge >= 0.3 is 0 Å². The van der Waals surface area contributed by atoms with E-state index in [9.17, 15) is 13.2 Å². The Balaban J connectivity index is 1.96. The number of carbonyl (C=O) groups excluding carboxylic acids is 1. The molecule has 23 heavy (non-hydrogen) atoms. The fraction of sp³-hybridized carbons (Fsp3) is 0.389. The lowest BCUT2D eigenvalue weighted by molar-refractivity contribution is -0.116. The van der Waals surface area contributed by atoms with E-state index in [4.69, 9.17) is 0 Å². The highest BCUT2D eigenvalue weighted by Crippen LogP contribution is 2.46. The molecule has 1 aromatic rings. The molecule has 5 heteroatoms. The van der Waals surface area contributed by atoms with Gasteiger partial charge in [-0.3, -0.25) is 4.79 Å². The van der Waals surface area contributed by atoms with Gasteiger partial charge in [0.25, 0.3) is 0 Å². The van der Waals surface area contributed by atoms with E-state index in [2.05, 4.69) is 5.32 Å². The normalized spacial score (nSPS) is 26.4. The summed E-state index contributed by atoms with van der Waals surface area (Å²) >= 11 is 0. The third-order valence-electron chi connectivity index (χ3n) is 4.91. The van der Waals surface area contributed by atoms with Crippen LogP contribution in [0.1, 0.15) is 43.6 Å². The van der Waals surface area contributed by atoms with Crippen LogP contribution in [0.2, 0.25) is 0 Å². The van der Waals surface area contributed by atoms with Crippen LogP contribution >= 0.6 is 0 Å². The molecule has 0 saturated carbocycles. The average molecular weight is 329 g/mol. The lowest BCUT2D eigenvalue weighted by atomic mass is 9.79. The first-order valence-corrected chi connectivity index (χ1v) is 9.77. The summed E-state index contributed by atoms with van der Waals surface area (Å²) in [6.07, 6.45) is 3.55. The summed E-state index contributed by atoms with van der Waals surface area (Å²) in [5.74, 6) is -0.173. The highest BCUT2D eigenvalue weighted by Gasteiger charge is 2.42. The number of hydrogen-bond acceptors (Lipinski definition) is 4. The van der Waals surface area contributed by atoms with Crippen LogP contribution in [-0.2, 0) is 14.6 Å². The van der Waals surface area contributed by atoms with E-state index < -0.39 is 15.8 Å². The first kappa shape index (κ1) is 14.7. The number of carbonyl (C=O) groups is 1. The molecule has 1 aliphatic carbocycles. The van der Waals surface area contributed by atoms with Gasteiger partial charge in [0.15, 0.2) is 15.6 Å². The predicted molar refractivity (Wildman–Crippen MR) is 88.2 cm³/mol. The van der Waals surface area contributed by atoms with Crippen LogP contribution in [0.5, 0.6) is 0 Å². The second kappa shape index (κ2) is 5.34. The summed E-state index contributed by atoms with van der Waals surface area (Å²) < 4.78 is 25.5. The van der Waals surface area contributed by atoms with E-state index in [1.54, 1.807) is 0 Å². The van der Waals surface area contributed by atoms with Gasteiger partial charge in [-0.15, -0.1) is 0 Å². The SMILES string of the molecule is O=C1CCCC2=C1C(c1ccccc1)C1=C(CCCS1(=O)=O)N2. The molecule has 3 aliphatic rings. The molecule has 1 unspecified atom stereocenters. The molecule has 120 valence electrons. The standard InChI is InChI=1S/C18H19NO3S/c20-15-10-4-8-13-17(15)16(12-6-2-1-3-7-12)18-14(19-13)9-5-11-23(18,21)22/h1-3,6-7,16,19H,4-5,8-11H2. The lowest BCUT2D eigenvalue weighted by Crippen LogP contribution is -2.37. The number of allylic oxidation sites excluding steroid dienone is 4. The van der Waals surface area contributed by atoms with Gasteiger partial charge in [-0.25, -0.2) is 8.42 Å². The molecule has 1 N–H and O–H groups in total. The van der Waals surface area contributed by atoms with Crippen molar-refractivity contribution in [2.75, 3.05) is 5.75 Å². The highest BCUT2D eigenvalue weighted by molar-refractivity contribution is 7.95. The van der Waals surface area contributed by atoms with Crippen molar-refractivity contribution in [3.05, 3.63) is 57.8 Å². The quantitative estimate of drug-likeness (QED) is 0.860. The van der Waals surface area contributed by atoms with Crippen LogP contribution in [-0.4, -0.2) is 20.0 Å². The topological polar surface area (TPSA) is 63.2 Å². The number of rotatable bonds is 1. The first-order valence-electron chi connectivity index (χ1n) is 8.12. The Kier molecular flexibility index (Phi) is 3.41.